The van der Waals surface area contributed by atoms with E-state index in [9.17, 15) is 18.0 Å². The quantitative estimate of drug-likeness (QED) is 0.294. The highest BCUT2D eigenvalue weighted by molar-refractivity contribution is 9.10. The van der Waals surface area contributed by atoms with Crippen molar-refractivity contribution in [3.05, 3.63) is 99.5 Å². The zero-order valence-electron chi connectivity index (χ0n) is 22.2. The summed E-state index contributed by atoms with van der Waals surface area (Å²) in [6, 6.07) is 22.3. The van der Waals surface area contributed by atoms with Gasteiger partial charge in [0.25, 0.3) is 0 Å². The molecule has 0 heterocycles. The molecule has 1 atom stereocenters. The number of anilines is 1. The predicted octanol–water partition coefficient (Wildman–Crippen LogP) is 5.28. The Balaban J connectivity index is 2.06. The van der Waals surface area contributed by atoms with Crippen molar-refractivity contribution >= 4 is 55.1 Å². The second kappa shape index (κ2) is 14.0. The largest absolute Gasteiger partial charge is 0.354 e. The normalized spacial score (nSPS) is 12.2. The number of rotatable bonds is 12. The molecular weight excluding hydrogens is 602 g/mol. The van der Waals surface area contributed by atoms with Crippen molar-refractivity contribution in [2.75, 3.05) is 23.7 Å². The maximum absolute atomic E-state index is 14.0. The van der Waals surface area contributed by atoms with Crippen molar-refractivity contribution in [1.82, 2.24) is 10.2 Å². The van der Waals surface area contributed by atoms with Crippen molar-refractivity contribution < 1.29 is 18.0 Å². The molecule has 0 fully saturated rings. The van der Waals surface area contributed by atoms with Crippen molar-refractivity contribution in [3.8, 4) is 0 Å². The summed E-state index contributed by atoms with van der Waals surface area (Å²) in [5.41, 5.74) is 1.85. The minimum absolute atomic E-state index is 0.0290. The molecule has 208 valence electrons. The van der Waals surface area contributed by atoms with Crippen molar-refractivity contribution in [2.45, 2.75) is 32.9 Å². The number of benzene rings is 3. The van der Waals surface area contributed by atoms with Gasteiger partial charge in [0.15, 0.2) is 0 Å². The van der Waals surface area contributed by atoms with Crippen LogP contribution < -0.4 is 9.62 Å². The van der Waals surface area contributed by atoms with Gasteiger partial charge in [-0.25, -0.2) is 8.42 Å². The maximum atomic E-state index is 14.0. The maximum Gasteiger partial charge on any atom is 0.244 e. The van der Waals surface area contributed by atoms with Crippen LogP contribution >= 0.6 is 27.5 Å². The molecule has 0 bridgehead atoms. The van der Waals surface area contributed by atoms with E-state index in [4.69, 9.17) is 11.6 Å². The summed E-state index contributed by atoms with van der Waals surface area (Å²) < 4.78 is 27.4. The van der Waals surface area contributed by atoms with Crippen LogP contribution in [0.2, 0.25) is 5.02 Å². The Bertz CT molecular complexity index is 1390. The van der Waals surface area contributed by atoms with Gasteiger partial charge in [-0.15, -0.1) is 0 Å². The van der Waals surface area contributed by atoms with E-state index in [1.807, 2.05) is 44.2 Å². The number of amides is 2. The van der Waals surface area contributed by atoms with Gasteiger partial charge < -0.3 is 10.2 Å². The van der Waals surface area contributed by atoms with Gasteiger partial charge in [0.05, 0.1) is 11.9 Å². The second-order valence-corrected chi connectivity index (χ2v) is 12.9. The van der Waals surface area contributed by atoms with Gasteiger partial charge in [-0.2, -0.15) is 0 Å². The molecule has 2 amide bonds. The lowest BCUT2D eigenvalue weighted by Gasteiger charge is -2.34. The predicted molar refractivity (Wildman–Crippen MR) is 160 cm³/mol. The summed E-state index contributed by atoms with van der Waals surface area (Å²) in [5.74, 6) is -0.640. The molecule has 0 saturated heterocycles. The third-order valence-electron chi connectivity index (χ3n) is 6.03. The lowest BCUT2D eigenvalue weighted by molar-refractivity contribution is -0.140. The molecule has 0 aliphatic rings. The van der Waals surface area contributed by atoms with Crippen LogP contribution in [-0.4, -0.2) is 50.5 Å². The van der Waals surface area contributed by atoms with Crippen LogP contribution in [0, 0.1) is 5.92 Å². The molecule has 3 aromatic carbocycles. The van der Waals surface area contributed by atoms with Crippen molar-refractivity contribution in [1.29, 1.82) is 0 Å². The number of nitrogens with zero attached hydrogens (tertiary/aromatic N) is 2. The van der Waals surface area contributed by atoms with E-state index < -0.39 is 28.5 Å². The molecule has 0 saturated carbocycles. The molecule has 0 aliphatic carbocycles. The van der Waals surface area contributed by atoms with Gasteiger partial charge in [0.1, 0.15) is 12.6 Å². The molecule has 3 aromatic rings. The first-order valence-corrected chi connectivity index (χ1v) is 15.6. The number of sulfonamides is 1. The molecule has 0 aromatic heterocycles. The van der Waals surface area contributed by atoms with E-state index in [0.29, 0.717) is 27.3 Å². The lowest BCUT2D eigenvalue weighted by Crippen LogP contribution is -2.53. The number of halogens is 2. The standard InChI is InChI=1S/C29H33BrClN3O4S/c1-21(2)18-32-29(36)27(16-22-10-5-4-6-11-22)33(19-23-12-7-8-15-26(23)31)28(35)20-34(39(3,37)38)25-14-9-13-24(30)17-25/h4-15,17,21,27H,16,18-20H2,1-3H3,(H,32,36)/t27-/m0/s1. The fourth-order valence-corrected chi connectivity index (χ4v) is 5.46. The van der Waals surface area contributed by atoms with Gasteiger partial charge in [-0.1, -0.05) is 96.0 Å². The van der Waals surface area contributed by atoms with Crippen LogP contribution in [0.5, 0.6) is 0 Å². The third-order valence-corrected chi connectivity index (χ3v) is 8.03. The summed E-state index contributed by atoms with van der Waals surface area (Å²) in [6.07, 6.45) is 1.30. The highest BCUT2D eigenvalue weighted by Crippen LogP contribution is 2.24. The highest BCUT2D eigenvalue weighted by Gasteiger charge is 2.33. The third kappa shape index (κ3) is 9.08. The van der Waals surface area contributed by atoms with E-state index in [2.05, 4.69) is 21.2 Å². The van der Waals surface area contributed by atoms with Crippen LogP contribution in [-0.2, 0) is 32.6 Å². The Morgan fingerprint density at radius 3 is 2.26 bits per heavy atom. The Morgan fingerprint density at radius 1 is 0.974 bits per heavy atom. The topological polar surface area (TPSA) is 86.8 Å². The average molecular weight is 635 g/mol. The van der Waals surface area contributed by atoms with E-state index in [0.717, 1.165) is 16.1 Å². The fourth-order valence-electron chi connectivity index (χ4n) is 4.03. The summed E-state index contributed by atoms with van der Waals surface area (Å²) in [6.45, 7) is 3.96. The number of carbonyl (C=O) groups is 2. The number of hydrogen-bond acceptors (Lipinski definition) is 4. The van der Waals surface area contributed by atoms with Crippen molar-refractivity contribution in [3.63, 3.8) is 0 Å². The van der Waals surface area contributed by atoms with Crippen LogP contribution in [0.1, 0.15) is 25.0 Å². The summed E-state index contributed by atoms with van der Waals surface area (Å²) >= 11 is 9.83. The summed E-state index contributed by atoms with van der Waals surface area (Å²) in [5, 5.41) is 3.40. The van der Waals surface area contributed by atoms with Gasteiger partial charge >= 0.3 is 0 Å². The van der Waals surface area contributed by atoms with E-state index in [-0.39, 0.29) is 24.8 Å². The van der Waals surface area contributed by atoms with Crippen LogP contribution in [0.25, 0.3) is 0 Å². The lowest BCUT2D eigenvalue weighted by atomic mass is 10.0. The smallest absolute Gasteiger partial charge is 0.244 e. The van der Waals surface area contributed by atoms with Gasteiger partial charge in [-0.3, -0.25) is 13.9 Å². The minimum atomic E-state index is -3.83. The van der Waals surface area contributed by atoms with Crippen molar-refractivity contribution in [2.24, 2.45) is 5.92 Å². The molecular formula is C29H33BrClN3O4S. The Kier molecular flexibility index (Phi) is 11.0. The number of nitrogens with one attached hydrogen (secondary N) is 1. The number of hydrogen-bond donors (Lipinski definition) is 1. The summed E-state index contributed by atoms with van der Waals surface area (Å²) in [7, 11) is -3.83. The fraction of sp³-hybridized carbons (Fsp3) is 0.310. The molecule has 0 unspecified atom stereocenters. The second-order valence-electron chi connectivity index (χ2n) is 9.71. The molecule has 10 heteroatoms. The molecule has 0 spiro atoms. The molecule has 0 aliphatic heterocycles. The van der Waals surface area contributed by atoms with Crippen LogP contribution in [0.3, 0.4) is 0 Å². The van der Waals surface area contributed by atoms with E-state index in [1.54, 1.807) is 48.5 Å². The van der Waals surface area contributed by atoms with E-state index >= 15 is 0 Å². The highest BCUT2D eigenvalue weighted by atomic mass is 79.9. The Morgan fingerprint density at radius 2 is 1.64 bits per heavy atom. The first-order chi connectivity index (χ1) is 18.5. The molecule has 3 rings (SSSR count). The molecule has 0 radical (unpaired) electrons. The first kappa shape index (κ1) is 30.7. The first-order valence-electron chi connectivity index (χ1n) is 12.5. The summed E-state index contributed by atoms with van der Waals surface area (Å²) in [4.78, 5) is 29.1. The SMILES string of the molecule is CC(C)CNC(=O)[C@H](Cc1ccccc1)N(Cc1ccccc1Cl)C(=O)CN(c1cccc(Br)c1)S(C)(=O)=O. The van der Waals surface area contributed by atoms with Gasteiger partial charge in [0, 0.05) is 29.0 Å². The molecule has 7 nitrogen and oxygen atoms in total. The minimum Gasteiger partial charge on any atom is -0.354 e. The van der Waals surface area contributed by atoms with Gasteiger partial charge in [-0.05, 0) is 41.3 Å². The zero-order valence-corrected chi connectivity index (χ0v) is 25.3. The monoisotopic (exact) mass is 633 g/mol. The number of carbonyl (C=O) groups excluding carboxylic acids is 2. The molecule has 1 N–H and O–H groups in total. The Labute approximate surface area is 244 Å². The van der Waals surface area contributed by atoms with Crippen LogP contribution in [0.15, 0.2) is 83.3 Å². The van der Waals surface area contributed by atoms with Gasteiger partial charge in [0.2, 0.25) is 21.8 Å². The van der Waals surface area contributed by atoms with Crippen LogP contribution in [0.4, 0.5) is 5.69 Å². The Hall–Kier alpha value is -2.88. The van der Waals surface area contributed by atoms with E-state index in [1.165, 1.54) is 4.90 Å². The average Bonchev–Trinajstić information content (AvgIpc) is 2.88. The zero-order chi connectivity index (χ0) is 28.6. The molecule has 39 heavy (non-hydrogen) atoms.